The molecule has 2 aromatic carbocycles. The van der Waals surface area contributed by atoms with Gasteiger partial charge in [-0.15, -0.1) is 0 Å². The Morgan fingerprint density at radius 3 is 2.40 bits per heavy atom. The molecule has 1 N–H and O–H groups in total. The van der Waals surface area contributed by atoms with Crippen molar-refractivity contribution in [2.24, 2.45) is 0 Å². The minimum Gasteiger partial charge on any atom is -0.497 e. The van der Waals surface area contributed by atoms with Gasteiger partial charge in [-0.05, 0) is 84.3 Å². The van der Waals surface area contributed by atoms with Crippen molar-refractivity contribution >= 4 is 50.1 Å². The molecular formula is C25H32IN3O5S. The molecule has 3 rings (SSSR count). The molecule has 1 fully saturated rings. The lowest BCUT2D eigenvalue weighted by atomic mass is 10.1. The molecule has 0 unspecified atom stereocenters. The normalized spacial score (nSPS) is 14.9. The van der Waals surface area contributed by atoms with Crippen LogP contribution >= 0.6 is 22.6 Å². The van der Waals surface area contributed by atoms with Crippen LogP contribution < -0.4 is 14.4 Å². The van der Waals surface area contributed by atoms with E-state index in [4.69, 9.17) is 4.74 Å². The second-order valence-electron chi connectivity index (χ2n) is 8.79. The maximum absolute atomic E-state index is 13.6. The number of amides is 2. The largest absolute Gasteiger partial charge is 0.497 e. The molecule has 0 heterocycles. The summed E-state index contributed by atoms with van der Waals surface area (Å²) >= 11 is 2.13. The number of anilines is 1. The minimum absolute atomic E-state index is 0.109. The number of nitrogens with one attached hydrogen (secondary N) is 1. The number of sulfonamides is 1. The first kappa shape index (κ1) is 27.3. The number of nitrogens with zero attached hydrogens (tertiary/aromatic N) is 2. The lowest BCUT2D eigenvalue weighted by Gasteiger charge is -2.32. The highest BCUT2D eigenvalue weighted by molar-refractivity contribution is 14.1. The number of benzene rings is 2. The summed E-state index contributed by atoms with van der Waals surface area (Å²) in [6.45, 7) is 1.40. The highest BCUT2D eigenvalue weighted by Gasteiger charge is 2.31. The molecule has 2 amide bonds. The molecule has 35 heavy (non-hydrogen) atoms. The Hall–Kier alpha value is -2.34. The van der Waals surface area contributed by atoms with Crippen molar-refractivity contribution in [1.29, 1.82) is 0 Å². The van der Waals surface area contributed by atoms with Crippen LogP contribution in [0.15, 0.2) is 48.5 Å². The standard InChI is InChI=1S/C25H32IN3O5S/c1-18(25(31)27-21-8-4-5-9-21)28(16-19-7-6-10-23(15-19)34-2)24(30)17-29(35(3,32)33)22-13-11-20(26)12-14-22/h6-7,10-15,18,21H,4-5,8-9,16-17H2,1-3H3,(H,27,31)/t18-/m1/s1. The summed E-state index contributed by atoms with van der Waals surface area (Å²) in [7, 11) is -2.18. The van der Waals surface area contributed by atoms with Gasteiger partial charge in [-0.2, -0.15) is 0 Å². The van der Waals surface area contributed by atoms with Crippen LogP contribution in [0, 0.1) is 3.57 Å². The third kappa shape index (κ3) is 7.57. The van der Waals surface area contributed by atoms with Crippen molar-refractivity contribution in [3.63, 3.8) is 0 Å². The van der Waals surface area contributed by atoms with Gasteiger partial charge in [-0.1, -0.05) is 25.0 Å². The first-order valence-electron chi connectivity index (χ1n) is 11.5. The lowest BCUT2D eigenvalue weighted by Crippen LogP contribution is -2.52. The molecule has 2 aromatic rings. The zero-order valence-corrected chi connectivity index (χ0v) is 23.2. The van der Waals surface area contributed by atoms with E-state index >= 15 is 0 Å². The first-order valence-corrected chi connectivity index (χ1v) is 14.5. The summed E-state index contributed by atoms with van der Waals surface area (Å²) in [5.41, 5.74) is 1.17. The van der Waals surface area contributed by atoms with Crippen molar-refractivity contribution in [2.45, 2.75) is 51.2 Å². The van der Waals surface area contributed by atoms with E-state index < -0.39 is 28.5 Å². The summed E-state index contributed by atoms with van der Waals surface area (Å²) in [4.78, 5) is 28.1. The quantitative estimate of drug-likeness (QED) is 0.414. The molecule has 8 nitrogen and oxygen atoms in total. The van der Waals surface area contributed by atoms with Crippen molar-refractivity contribution in [1.82, 2.24) is 10.2 Å². The fourth-order valence-electron chi connectivity index (χ4n) is 4.16. The van der Waals surface area contributed by atoms with Gasteiger partial charge in [0.1, 0.15) is 18.3 Å². The Morgan fingerprint density at radius 2 is 1.80 bits per heavy atom. The average molecular weight is 614 g/mol. The molecule has 1 atom stereocenters. The topological polar surface area (TPSA) is 96.0 Å². The number of halogens is 1. The Kier molecular flexibility index (Phi) is 9.40. The number of carbonyl (C=O) groups is 2. The van der Waals surface area contributed by atoms with E-state index in [0.29, 0.717) is 11.4 Å². The predicted octanol–water partition coefficient (Wildman–Crippen LogP) is 3.54. The number of ether oxygens (including phenoxy) is 1. The van der Waals surface area contributed by atoms with E-state index in [1.54, 1.807) is 50.4 Å². The van der Waals surface area contributed by atoms with Crippen LogP contribution in [0.1, 0.15) is 38.2 Å². The van der Waals surface area contributed by atoms with Crippen LogP contribution in [0.25, 0.3) is 0 Å². The molecule has 0 aromatic heterocycles. The number of carbonyl (C=O) groups excluding carboxylic acids is 2. The highest BCUT2D eigenvalue weighted by Crippen LogP contribution is 2.22. The molecule has 0 spiro atoms. The van der Waals surface area contributed by atoms with Gasteiger partial charge in [-0.3, -0.25) is 13.9 Å². The Balaban J connectivity index is 1.88. The highest BCUT2D eigenvalue weighted by atomic mass is 127. The summed E-state index contributed by atoms with van der Waals surface area (Å²) in [6.07, 6.45) is 5.07. The zero-order valence-electron chi connectivity index (χ0n) is 20.2. The van der Waals surface area contributed by atoms with Gasteiger partial charge in [0.05, 0.1) is 19.1 Å². The van der Waals surface area contributed by atoms with Crippen molar-refractivity contribution in [3.05, 3.63) is 57.7 Å². The van der Waals surface area contributed by atoms with E-state index in [9.17, 15) is 18.0 Å². The zero-order chi connectivity index (χ0) is 25.6. The lowest BCUT2D eigenvalue weighted by molar-refractivity contribution is -0.139. The smallest absolute Gasteiger partial charge is 0.244 e. The van der Waals surface area contributed by atoms with Crippen LogP contribution in [-0.2, 0) is 26.2 Å². The third-order valence-corrected chi connectivity index (χ3v) is 8.01. The van der Waals surface area contributed by atoms with Crippen LogP contribution in [0.2, 0.25) is 0 Å². The van der Waals surface area contributed by atoms with Gasteiger partial charge < -0.3 is 15.0 Å². The van der Waals surface area contributed by atoms with Gasteiger partial charge >= 0.3 is 0 Å². The van der Waals surface area contributed by atoms with Gasteiger partial charge in [0.2, 0.25) is 21.8 Å². The van der Waals surface area contributed by atoms with Gasteiger partial charge in [0.15, 0.2) is 0 Å². The number of rotatable bonds is 10. The predicted molar refractivity (Wildman–Crippen MR) is 145 cm³/mol. The fourth-order valence-corrected chi connectivity index (χ4v) is 5.37. The van der Waals surface area contributed by atoms with E-state index in [2.05, 4.69) is 27.9 Å². The molecule has 1 aliphatic carbocycles. The molecule has 0 aliphatic heterocycles. The van der Waals surface area contributed by atoms with Crippen molar-refractivity contribution < 1.29 is 22.7 Å². The number of hydrogen-bond donors (Lipinski definition) is 1. The first-order chi connectivity index (χ1) is 16.6. The van der Waals surface area contributed by atoms with Gasteiger partial charge in [0.25, 0.3) is 0 Å². The molecule has 1 aliphatic rings. The second-order valence-corrected chi connectivity index (χ2v) is 11.9. The average Bonchev–Trinajstić information content (AvgIpc) is 3.33. The van der Waals surface area contributed by atoms with Gasteiger partial charge in [0, 0.05) is 16.2 Å². The Bertz CT molecular complexity index is 1130. The van der Waals surface area contributed by atoms with Crippen LogP contribution in [0.3, 0.4) is 0 Å². The maximum Gasteiger partial charge on any atom is 0.244 e. The monoisotopic (exact) mass is 613 g/mol. The Labute approximate surface area is 221 Å². The van der Waals surface area contributed by atoms with Crippen molar-refractivity contribution in [3.8, 4) is 5.75 Å². The Morgan fingerprint density at radius 1 is 1.14 bits per heavy atom. The van der Waals surface area contributed by atoms with Crippen molar-refractivity contribution in [2.75, 3.05) is 24.2 Å². The van der Waals surface area contributed by atoms with E-state index in [-0.39, 0.29) is 18.5 Å². The minimum atomic E-state index is -3.74. The van der Waals surface area contributed by atoms with Gasteiger partial charge in [-0.25, -0.2) is 8.42 Å². The number of hydrogen-bond acceptors (Lipinski definition) is 5. The molecule has 190 valence electrons. The van der Waals surface area contributed by atoms with Crippen LogP contribution in [0.4, 0.5) is 5.69 Å². The number of methoxy groups -OCH3 is 1. The summed E-state index contributed by atoms with van der Waals surface area (Å²) in [5, 5.41) is 3.05. The SMILES string of the molecule is COc1cccc(CN(C(=O)CN(c2ccc(I)cc2)S(C)(=O)=O)[C@H](C)C(=O)NC2CCCC2)c1. The molecule has 0 saturated heterocycles. The molecule has 0 bridgehead atoms. The molecule has 10 heteroatoms. The van der Waals surface area contributed by atoms with Crippen LogP contribution in [-0.4, -0.2) is 57.1 Å². The maximum atomic E-state index is 13.6. The molecule has 0 radical (unpaired) electrons. The van der Waals surface area contributed by atoms with E-state index in [1.165, 1.54) is 4.90 Å². The summed E-state index contributed by atoms with van der Waals surface area (Å²) in [5.74, 6) is -0.0752. The molecule has 1 saturated carbocycles. The molecular weight excluding hydrogens is 581 g/mol. The van der Waals surface area contributed by atoms with E-state index in [1.807, 2.05) is 12.1 Å². The summed E-state index contributed by atoms with van der Waals surface area (Å²) < 4.78 is 32.5. The third-order valence-electron chi connectivity index (χ3n) is 6.15. The summed E-state index contributed by atoms with van der Waals surface area (Å²) in [6, 6.07) is 13.5. The fraction of sp³-hybridized carbons (Fsp3) is 0.440. The van der Waals surface area contributed by atoms with E-state index in [0.717, 1.165) is 45.4 Å². The van der Waals surface area contributed by atoms with Crippen LogP contribution in [0.5, 0.6) is 5.75 Å². The second kappa shape index (κ2) is 12.1.